The van der Waals surface area contributed by atoms with Crippen molar-refractivity contribution in [1.82, 2.24) is 9.78 Å². The second kappa shape index (κ2) is 3.57. The van der Waals surface area contributed by atoms with E-state index < -0.39 is 11.6 Å². The molecule has 0 saturated carbocycles. The molecule has 1 aromatic carbocycles. The van der Waals surface area contributed by atoms with Crippen molar-refractivity contribution in [3.63, 3.8) is 0 Å². The predicted octanol–water partition coefficient (Wildman–Crippen LogP) is 2.21. The Kier molecular flexibility index (Phi) is 2.26. The highest BCUT2D eigenvalue weighted by Crippen LogP contribution is 2.12. The molecule has 0 radical (unpaired) electrons. The van der Waals surface area contributed by atoms with Crippen LogP contribution < -0.4 is 0 Å². The maximum Gasteiger partial charge on any atom is 0.163 e. The lowest BCUT2D eigenvalue weighted by Gasteiger charge is -2.03. The van der Waals surface area contributed by atoms with Gasteiger partial charge in [-0.1, -0.05) is 12.1 Å². The summed E-state index contributed by atoms with van der Waals surface area (Å²) in [6, 6.07) is 5.86. The minimum absolute atomic E-state index is 0.247. The molecule has 0 amide bonds. The third kappa shape index (κ3) is 1.64. The molecule has 1 heterocycles. The van der Waals surface area contributed by atoms with E-state index in [1.54, 1.807) is 24.5 Å². The highest BCUT2D eigenvalue weighted by atomic mass is 19.2. The van der Waals surface area contributed by atoms with Crippen molar-refractivity contribution in [1.29, 1.82) is 0 Å². The third-order valence-electron chi connectivity index (χ3n) is 1.92. The fourth-order valence-electron chi connectivity index (χ4n) is 1.24. The normalized spacial score (nSPS) is 10.4. The molecule has 0 aliphatic rings. The molecular formula is C10H8F2N2. The quantitative estimate of drug-likeness (QED) is 0.716. The summed E-state index contributed by atoms with van der Waals surface area (Å²) in [7, 11) is 0. The number of aromatic nitrogens is 2. The number of halogens is 2. The van der Waals surface area contributed by atoms with Gasteiger partial charge in [0.2, 0.25) is 0 Å². The van der Waals surface area contributed by atoms with Crippen molar-refractivity contribution < 1.29 is 8.78 Å². The Morgan fingerprint density at radius 1 is 1.21 bits per heavy atom. The molecule has 0 N–H and O–H groups in total. The van der Waals surface area contributed by atoms with Gasteiger partial charge in [-0.05, 0) is 12.1 Å². The SMILES string of the molecule is Fc1cccc(Cn2cccn2)c1F. The lowest BCUT2D eigenvalue weighted by Crippen LogP contribution is -2.03. The summed E-state index contributed by atoms with van der Waals surface area (Å²) >= 11 is 0. The van der Waals surface area contributed by atoms with E-state index in [1.807, 2.05) is 0 Å². The average Bonchev–Trinajstić information content (AvgIpc) is 2.66. The lowest BCUT2D eigenvalue weighted by molar-refractivity contribution is 0.492. The molecule has 0 atom stereocenters. The number of hydrogen-bond donors (Lipinski definition) is 0. The summed E-state index contributed by atoms with van der Waals surface area (Å²) in [5.41, 5.74) is 0.300. The molecule has 14 heavy (non-hydrogen) atoms. The Morgan fingerprint density at radius 2 is 2.07 bits per heavy atom. The molecule has 0 aliphatic heterocycles. The van der Waals surface area contributed by atoms with Crippen molar-refractivity contribution in [3.8, 4) is 0 Å². The van der Waals surface area contributed by atoms with E-state index in [1.165, 1.54) is 10.7 Å². The number of nitrogens with zero attached hydrogens (tertiary/aromatic N) is 2. The first kappa shape index (κ1) is 8.87. The Morgan fingerprint density at radius 3 is 2.79 bits per heavy atom. The van der Waals surface area contributed by atoms with Crippen molar-refractivity contribution >= 4 is 0 Å². The van der Waals surface area contributed by atoms with E-state index in [4.69, 9.17) is 0 Å². The van der Waals surface area contributed by atoms with Gasteiger partial charge in [0.1, 0.15) is 0 Å². The van der Waals surface area contributed by atoms with Gasteiger partial charge in [0.25, 0.3) is 0 Å². The standard InChI is InChI=1S/C10H8F2N2/c11-9-4-1-3-8(10(9)12)7-14-6-2-5-13-14/h1-6H,7H2. The van der Waals surface area contributed by atoms with E-state index in [0.717, 1.165) is 6.07 Å². The largest absolute Gasteiger partial charge is 0.268 e. The van der Waals surface area contributed by atoms with Crippen molar-refractivity contribution in [2.45, 2.75) is 6.54 Å². The smallest absolute Gasteiger partial charge is 0.163 e. The van der Waals surface area contributed by atoms with E-state index in [9.17, 15) is 8.78 Å². The monoisotopic (exact) mass is 194 g/mol. The molecule has 2 nitrogen and oxygen atoms in total. The molecule has 1 aromatic heterocycles. The van der Waals surface area contributed by atoms with Crippen LogP contribution in [0.5, 0.6) is 0 Å². The molecule has 2 rings (SSSR count). The van der Waals surface area contributed by atoms with Crippen LogP contribution in [0.3, 0.4) is 0 Å². The highest BCUT2D eigenvalue weighted by molar-refractivity contribution is 5.19. The molecule has 0 spiro atoms. The zero-order valence-corrected chi connectivity index (χ0v) is 7.32. The maximum absolute atomic E-state index is 13.2. The van der Waals surface area contributed by atoms with Crippen molar-refractivity contribution in [2.75, 3.05) is 0 Å². The highest BCUT2D eigenvalue weighted by Gasteiger charge is 2.07. The van der Waals surface area contributed by atoms with Gasteiger partial charge in [-0.2, -0.15) is 5.10 Å². The van der Waals surface area contributed by atoms with Gasteiger partial charge < -0.3 is 0 Å². The number of benzene rings is 1. The van der Waals surface area contributed by atoms with E-state index in [0.29, 0.717) is 5.56 Å². The van der Waals surface area contributed by atoms with Gasteiger partial charge in [0.05, 0.1) is 6.54 Å². The zero-order valence-electron chi connectivity index (χ0n) is 7.32. The summed E-state index contributed by atoms with van der Waals surface area (Å²) in [4.78, 5) is 0. The topological polar surface area (TPSA) is 17.8 Å². The zero-order chi connectivity index (χ0) is 9.97. The molecule has 2 aromatic rings. The van der Waals surface area contributed by atoms with Gasteiger partial charge in [-0.15, -0.1) is 0 Å². The first-order valence-corrected chi connectivity index (χ1v) is 4.17. The van der Waals surface area contributed by atoms with Crippen LogP contribution in [0.4, 0.5) is 8.78 Å². The van der Waals surface area contributed by atoms with Crippen LogP contribution in [0, 0.1) is 11.6 Å². The van der Waals surface area contributed by atoms with Crippen molar-refractivity contribution in [3.05, 3.63) is 53.9 Å². The second-order valence-corrected chi connectivity index (χ2v) is 2.92. The van der Waals surface area contributed by atoms with Gasteiger partial charge in [0.15, 0.2) is 11.6 Å². The summed E-state index contributed by atoms with van der Waals surface area (Å²) in [6.07, 6.45) is 3.29. The fourth-order valence-corrected chi connectivity index (χ4v) is 1.24. The Balaban J connectivity index is 2.29. The van der Waals surface area contributed by atoms with E-state index in [2.05, 4.69) is 5.10 Å². The molecule has 0 bridgehead atoms. The van der Waals surface area contributed by atoms with Crippen LogP contribution in [0.15, 0.2) is 36.7 Å². The number of hydrogen-bond acceptors (Lipinski definition) is 1. The molecule has 0 fully saturated rings. The third-order valence-corrected chi connectivity index (χ3v) is 1.92. The van der Waals surface area contributed by atoms with Crippen LogP contribution in [0.1, 0.15) is 5.56 Å². The van der Waals surface area contributed by atoms with Gasteiger partial charge in [0, 0.05) is 18.0 Å². The minimum Gasteiger partial charge on any atom is -0.268 e. The molecule has 0 aliphatic carbocycles. The van der Waals surface area contributed by atoms with Gasteiger partial charge in [-0.25, -0.2) is 8.78 Å². The van der Waals surface area contributed by atoms with Gasteiger partial charge in [-0.3, -0.25) is 4.68 Å². The summed E-state index contributed by atoms with van der Waals surface area (Å²) in [5.74, 6) is -1.63. The first-order valence-electron chi connectivity index (χ1n) is 4.17. The predicted molar refractivity (Wildman–Crippen MR) is 47.7 cm³/mol. The molecule has 72 valence electrons. The van der Waals surface area contributed by atoms with Crippen molar-refractivity contribution in [2.24, 2.45) is 0 Å². The van der Waals surface area contributed by atoms with Crippen LogP contribution in [-0.2, 0) is 6.54 Å². The van der Waals surface area contributed by atoms with Crippen LogP contribution in [-0.4, -0.2) is 9.78 Å². The fraction of sp³-hybridized carbons (Fsp3) is 0.100. The number of rotatable bonds is 2. The molecule has 0 saturated heterocycles. The van der Waals surface area contributed by atoms with E-state index in [-0.39, 0.29) is 6.54 Å². The molecule has 0 unspecified atom stereocenters. The van der Waals surface area contributed by atoms with Crippen LogP contribution >= 0.6 is 0 Å². The second-order valence-electron chi connectivity index (χ2n) is 2.92. The summed E-state index contributed by atoms with van der Waals surface area (Å²) in [5, 5.41) is 3.91. The average molecular weight is 194 g/mol. The molecule has 4 heteroatoms. The first-order chi connectivity index (χ1) is 6.77. The summed E-state index contributed by atoms with van der Waals surface area (Å²) in [6.45, 7) is 0.247. The van der Waals surface area contributed by atoms with Gasteiger partial charge >= 0.3 is 0 Å². The lowest BCUT2D eigenvalue weighted by atomic mass is 10.2. The minimum atomic E-state index is -0.824. The molecular weight excluding hydrogens is 186 g/mol. The Bertz CT molecular complexity index is 424. The Labute approximate surface area is 79.8 Å². The van der Waals surface area contributed by atoms with Crippen LogP contribution in [0.25, 0.3) is 0 Å². The van der Waals surface area contributed by atoms with Crippen LogP contribution in [0.2, 0.25) is 0 Å². The Hall–Kier alpha value is -1.71. The van der Waals surface area contributed by atoms with E-state index >= 15 is 0 Å². The summed E-state index contributed by atoms with van der Waals surface area (Å²) < 4.78 is 27.5. The maximum atomic E-state index is 13.2.